The third kappa shape index (κ3) is 5.96. The van der Waals surface area contributed by atoms with Crippen LogP contribution in [0.5, 0.6) is 11.5 Å². The number of halogens is 1. The van der Waals surface area contributed by atoms with E-state index in [1.54, 1.807) is 13.1 Å². The first-order chi connectivity index (χ1) is 13.6. The van der Waals surface area contributed by atoms with E-state index in [4.69, 9.17) is 4.74 Å². The second-order valence-corrected chi connectivity index (χ2v) is 7.01. The number of carbonyl (C=O) groups excluding carboxylic acids is 1. The van der Waals surface area contributed by atoms with Crippen molar-refractivity contribution in [2.24, 2.45) is 5.10 Å². The zero-order chi connectivity index (χ0) is 19.8. The van der Waals surface area contributed by atoms with Crippen LogP contribution in [0.2, 0.25) is 0 Å². The summed E-state index contributed by atoms with van der Waals surface area (Å²) in [7, 11) is 0. The number of para-hydroxylation sites is 1. The number of anilines is 1. The summed E-state index contributed by atoms with van der Waals surface area (Å²) in [6, 6.07) is 24.2. The quantitative estimate of drug-likeness (QED) is 0.394. The maximum Gasteiger partial charge on any atom is 0.262 e. The standard InChI is InChI=1S/C22H20BrN3O2/c1-16(25-19-12-10-18(23)11-13-19)22(27)26-24-15-17-6-5-9-21(14-17)28-20-7-3-2-4-8-20/h2-16,25H,1H3,(H,26,27)/b24-15+. The van der Waals surface area contributed by atoms with Gasteiger partial charge in [-0.1, -0.05) is 46.3 Å². The van der Waals surface area contributed by atoms with Crippen LogP contribution in [0.15, 0.2) is 88.4 Å². The number of amides is 1. The zero-order valence-electron chi connectivity index (χ0n) is 15.3. The number of hydrazone groups is 1. The van der Waals surface area contributed by atoms with Crippen LogP contribution in [0.4, 0.5) is 5.69 Å². The van der Waals surface area contributed by atoms with E-state index in [9.17, 15) is 4.79 Å². The number of nitrogens with one attached hydrogen (secondary N) is 2. The number of hydrogen-bond donors (Lipinski definition) is 2. The van der Waals surface area contributed by atoms with Gasteiger partial charge in [-0.3, -0.25) is 4.79 Å². The van der Waals surface area contributed by atoms with E-state index in [2.05, 4.69) is 31.8 Å². The largest absolute Gasteiger partial charge is 0.457 e. The highest BCUT2D eigenvalue weighted by molar-refractivity contribution is 9.10. The number of nitrogens with zero attached hydrogens (tertiary/aromatic N) is 1. The summed E-state index contributed by atoms with van der Waals surface area (Å²) in [5.74, 6) is 1.24. The van der Waals surface area contributed by atoms with Crippen molar-refractivity contribution in [3.63, 3.8) is 0 Å². The van der Waals surface area contributed by atoms with Crippen LogP contribution < -0.4 is 15.5 Å². The first-order valence-electron chi connectivity index (χ1n) is 8.78. The van der Waals surface area contributed by atoms with Crippen LogP contribution in [0.1, 0.15) is 12.5 Å². The number of benzene rings is 3. The molecule has 5 nitrogen and oxygen atoms in total. The van der Waals surface area contributed by atoms with Crippen LogP contribution in [0.3, 0.4) is 0 Å². The molecule has 142 valence electrons. The molecular weight excluding hydrogens is 418 g/mol. The Labute approximate surface area is 172 Å². The van der Waals surface area contributed by atoms with Gasteiger partial charge in [0, 0.05) is 10.2 Å². The molecule has 0 fully saturated rings. The normalized spacial score (nSPS) is 11.8. The minimum Gasteiger partial charge on any atom is -0.457 e. The first-order valence-corrected chi connectivity index (χ1v) is 9.57. The van der Waals surface area contributed by atoms with Crippen LogP contribution in [0.25, 0.3) is 0 Å². The monoisotopic (exact) mass is 437 g/mol. The molecule has 0 spiro atoms. The molecule has 0 aliphatic rings. The molecule has 3 aromatic carbocycles. The average Bonchev–Trinajstić information content (AvgIpc) is 2.71. The topological polar surface area (TPSA) is 62.7 Å². The predicted molar refractivity (Wildman–Crippen MR) is 116 cm³/mol. The highest BCUT2D eigenvalue weighted by atomic mass is 79.9. The van der Waals surface area contributed by atoms with Crippen LogP contribution in [-0.2, 0) is 4.79 Å². The molecule has 0 aliphatic heterocycles. The van der Waals surface area contributed by atoms with E-state index in [1.807, 2.05) is 78.9 Å². The van der Waals surface area contributed by atoms with Gasteiger partial charge in [0.25, 0.3) is 5.91 Å². The summed E-state index contributed by atoms with van der Waals surface area (Å²) >= 11 is 3.39. The van der Waals surface area contributed by atoms with Crippen LogP contribution >= 0.6 is 15.9 Å². The van der Waals surface area contributed by atoms with Gasteiger partial charge in [0.15, 0.2) is 0 Å². The fourth-order valence-electron chi connectivity index (χ4n) is 2.41. The van der Waals surface area contributed by atoms with Crippen molar-refractivity contribution in [1.29, 1.82) is 0 Å². The molecule has 0 heterocycles. The van der Waals surface area contributed by atoms with Crippen molar-refractivity contribution in [2.45, 2.75) is 13.0 Å². The SMILES string of the molecule is CC(Nc1ccc(Br)cc1)C(=O)N/N=C/c1cccc(Oc2ccccc2)c1. The van der Waals surface area contributed by atoms with Gasteiger partial charge in [-0.15, -0.1) is 0 Å². The molecule has 0 saturated carbocycles. The van der Waals surface area contributed by atoms with Gasteiger partial charge in [0.2, 0.25) is 0 Å². The fraction of sp³-hybridized carbons (Fsp3) is 0.0909. The maximum absolute atomic E-state index is 12.2. The molecule has 28 heavy (non-hydrogen) atoms. The molecule has 2 N–H and O–H groups in total. The molecule has 3 rings (SSSR count). The molecule has 0 aromatic heterocycles. The third-order valence-corrected chi connectivity index (χ3v) is 4.37. The van der Waals surface area contributed by atoms with E-state index < -0.39 is 6.04 Å². The van der Waals surface area contributed by atoms with Crippen LogP contribution in [-0.4, -0.2) is 18.2 Å². The molecule has 1 amide bonds. The summed E-state index contributed by atoms with van der Waals surface area (Å²) in [4.78, 5) is 12.2. The predicted octanol–water partition coefficient (Wildman–Crippen LogP) is 5.19. The van der Waals surface area contributed by atoms with Gasteiger partial charge in [-0.2, -0.15) is 5.10 Å². The summed E-state index contributed by atoms with van der Waals surface area (Å²) in [5, 5.41) is 7.17. The van der Waals surface area contributed by atoms with Crippen LogP contribution in [0, 0.1) is 0 Å². The van der Waals surface area contributed by atoms with Gasteiger partial charge < -0.3 is 10.1 Å². The molecule has 6 heteroatoms. The molecular formula is C22H20BrN3O2. The van der Waals surface area contributed by atoms with Crippen molar-refractivity contribution in [2.75, 3.05) is 5.32 Å². The van der Waals surface area contributed by atoms with Crippen molar-refractivity contribution in [3.05, 3.63) is 88.9 Å². The Balaban J connectivity index is 1.54. The Hall–Kier alpha value is -3.12. The highest BCUT2D eigenvalue weighted by Gasteiger charge is 2.11. The van der Waals surface area contributed by atoms with Crippen molar-refractivity contribution in [3.8, 4) is 11.5 Å². The number of ether oxygens (including phenoxy) is 1. The molecule has 0 radical (unpaired) electrons. The smallest absolute Gasteiger partial charge is 0.262 e. The number of hydrogen-bond acceptors (Lipinski definition) is 4. The Morgan fingerprint density at radius 1 is 1.00 bits per heavy atom. The van der Waals surface area contributed by atoms with Gasteiger partial charge >= 0.3 is 0 Å². The minimum atomic E-state index is -0.425. The van der Waals surface area contributed by atoms with Crippen molar-refractivity contribution in [1.82, 2.24) is 5.43 Å². The first kappa shape index (κ1) is 19.6. The van der Waals surface area contributed by atoms with E-state index in [-0.39, 0.29) is 5.91 Å². The fourth-order valence-corrected chi connectivity index (χ4v) is 2.68. The lowest BCUT2D eigenvalue weighted by Gasteiger charge is -2.13. The van der Waals surface area contributed by atoms with E-state index in [0.29, 0.717) is 5.75 Å². The highest BCUT2D eigenvalue weighted by Crippen LogP contribution is 2.21. The Morgan fingerprint density at radius 2 is 1.71 bits per heavy atom. The number of carbonyl (C=O) groups is 1. The zero-order valence-corrected chi connectivity index (χ0v) is 16.9. The van der Waals surface area contributed by atoms with E-state index in [1.165, 1.54) is 0 Å². The lowest BCUT2D eigenvalue weighted by molar-refractivity contribution is -0.121. The van der Waals surface area contributed by atoms with E-state index in [0.717, 1.165) is 21.5 Å². The molecule has 3 aromatic rings. The molecule has 0 saturated heterocycles. The molecule has 0 bridgehead atoms. The van der Waals surface area contributed by atoms with Gasteiger partial charge in [-0.05, 0) is 61.0 Å². The lowest BCUT2D eigenvalue weighted by Crippen LogP contribution is -2.34. The Morgan fingerprint density at radius 3 is 2.46 bits per heavy atom. The van der Waals surface area contributed by atoms with Gasteiger partial charge in [0.05, 0.1) is 6.21 Å². The Kier molecular flexibility index (Phi) is 6.81. The maximum atomic E-state index is 12.2. The van der Waals surface area contributed by atoms with Gasteiger partial charge in [0.1, 0.15) is 17.5 Å². The molecule has 1 atom stereocenters. The third-order valence-electron chi connectivity index (χ3n) is 3.85. The average molecular weight is 438 g/mol. The summed E-state index contributed by atoms with van der Waals surface area (Å²) in [6.07, 6.45) is 1.59. The summed E-state index contributed by atoms with van der Waals surface area (Å²) in [5.41, 5.74) is 4.23. The van der Waals surface area contributed by atoms with Crippen molar-refractivity contribution >= 4 is 33.7 Å². The second-order valence-electron chi connectivity index (χ2n) is 6.09. The van der Waals surface area contributed by atoms with Gasteiger partial charge in [-0.25, -0.2) is 5.43 Å². The lowest BCUT2D eigenvalue weighted by atomic mass is 10.2. The minimum absolute atomic E-state index is 0.226. The van der Waals surface area contributed by atoms with E-state index >= 15 is 0 Å². The Bertz CT molecular complexity index is 944. The summed E-state index contributed by atoms with van der Waals surface area (Å²) < 4.78 is 6.78. The second kappa shape index (κ2) is 9.71. The molecule has 1 unspecified atom stereocenters. The molecule has 0 aliphatic carbocycles. The summed E-state index contributed by atoms with van der Waals surface area (Å²) in [6.45, 7) is 1.78. The number of rotatable bonds is 7. The van der Waals surface area contributed by atoms with Crippen molar-refractivity contribution < 1.29 is 9.53 Å².